The van der Waals surface area contributed by atoms with E-state index in [1.807, 2.05) is 0 Å². The Hall–Kier alpha value is -3.54. The van der Waals surface area contributed by atoms with Gasteiger partial charge in [0.25, 0.3) is 17.4 Å². The maximum atomic E-state index is 14.2. The summed E-state index contributed by atoms with van der Waals surface area (Å²) in [7, 11) is 0. The van der Waals surface area contributed by atoms with Gasteiger partial charge in [-0.1, -0.05) is 40.5 Å². The minimum atomic E-state index is -4.89. The van der Waals surface area contributed by atoms with E-state index in [1.54, 1.807) is 0 Å². The number of nitrogens with zero attached hydrogens (tertiary/aromatic N) is 2. The van der Waals surface area contributed by atoms with Gasteiger partial charge in [-0.2, -0.15) is 13.2 Å². The molecule has 192 valence electrons. The van der Waals surface area contributed by atoms with Crippen molar-refractivity contribution < 1.29 is 36.4 Å². The molecule has 13 heteroatoms. The minimum absolute atomic E-state index is 0.0209. The fourth-order valence-corrected chi connectivity index (χ4v) is 4.20. The molecule has 37 heavy (non-hydrogen) atoms. The molecule has 0 spiro atoms. The van der Waals surface area contributed by atoms with E-state index in [0.29, 0.717) is 6.07 Å². The zero-order valence-electron chi connectivity index (χ0n) is 18.3. The molecule has 1 aliphatic heterocycles. The molecular formula is C24H14Cl2F5N3O3. The summed E-state index contributed by atoms with van der Waals surface area (Å²) >= 11 is 11.8. The van der Waals surface area contributed by atoms with E-state index in [4.69, 9.17) is 33.9 Å². The van der Waals surface area contributed by atoms with E-state index < -0.39 is 47.2 Å². The molecule has 3 aromatic rings. The van der Waals surface area contributed by atoms with Gasteiger partial charge in [-0.05, 0) is 48.0 Å². The van der Waals surface area contributed by atoms with Gasteiger partial charge in [0.15, 0.2) is 0 Å². The Balaban J connectivity index is 1.55. The fraction of sp³-hybridized carbons (Fsp3) is 0.125. The number of hydrogen-bond acceptors (Lipinski definition) is 5. The van der Waals surface area contributed by atoms with Crippen LogP contribution in [0, 0.1) is 11.6 Å². The van der Waals surface area contributed by atoms with Crippen molar-refractivity contribution in [2.45, 2.75) is 18.2 Å². The summed E-state index contributed by atoms with van der Waals surface area (Å²) in [5.41, 5.74) is -3.84. The van der Waals surface area contributed by atoms with Crippen molar-refractivity contribution in [1.29, 1.82) is 0 Å². The third kappa shape index (κ3) is 5.02. The molecule has 6 nitrogen and oxygen atoms in total. The van der Waals surface area contributed by atoms with Crippen LogP contribution in [0.25, 0.3) is 0 Å². The molecule has 0 radical (unpaired) electrons. The zero-order chi connectivity index (χ0) is 27.1. The first kappa shape index (κ1) is 26.5. The van der Waals surface area contributed by atoms with Crippen molar-refractivity contribution in [3.63, 3.8) is 0 Å². The number of carbonyl (C=O) groups excluding carboxylic acids is 2. The Labute approximate surface area is 216 Å². The smallest absolute Gasteiger partial charge is 0.374 e. The van der Waals surface area contributed by atoms with Crippen LogP contribution < -0.4 is 5.84 Å². The predicted octanol–water partition coefficient (Wildman–Crippen LogP) is 6.01. The normalized spacial score (nSPS) is 17.2. The molecule has 3 aromatic carbocycles. The first-order valence-corrected chi connectivity index (χ1v) is 11.1. The molecule has 0 fully saturated rings. The van der Waals surface area contributed by atoms with Gasteiger partial charge in [0.2, 0.25) is 0 Å². The minimum Gasteiger partial charge on any atom is -0.374 e. The number of benzene rings is 3. The van der Waals surface area contributed by atoms with Crippen LogP contribution in [0.1, 0.15) is 38.3 Å². The van der Waals surface area contributed by atoms with Gasteiger partial charge in [0, 0.05) is 33.7 Å². The lowest BCUT2D eigenvalue weighted by Gasteiger charge is -2.29. The molecule has 0 saturated carbocycles. The molecular weight excluding hydrogens is 544 g/mol. The number of halogens is 7. The van der Waals surface area contributed by atoms with Crippen molar-refractivity contribution in [1.82, 2.24) is 5.01 Å². The lowest BCUT2D eigenvalue weighted by molar-refractivity contribution is -0.275. The van der Waals surface area contributed by atoms with E-state index in [1.165, 1.54) is 30.3 Å². The van der Waals surface area contributed by atoms with Crippen LogP contribution in [0.15, 0.2) is 65.8 Å². The molecule has 1 heterocycles. The van der Waals surface area contributed by atoms with Crippen LogP contribution in [-0.2, 0) is 10.4 Å². The number of carbonyl (C=O) groups is 2. The van der Waals surface area contributed by atoms with Crippen LogP contribution in [0.5, 0.6) is 0 Å². The van der Waals surface area contributed by atoms with Gasteiger partial charge < -0.3 is 4.84 Å². The summed E-state index contributed by atoms with van der Waals surface area (Å²) in [5.74, 6) is 1.15. The third-order valence-corrected chi connectivity index (χ3v) is 6.02. The maximum Gasteiger partial charge on any atom is 0.435 e. The highest BCUT2D eigenvalue weighted by Gasteiger charge is 2.62. The number of amides is 2. The molecule has 4 rings (SSSR count). The fourth-order valence-electron chi connectivity index (χ4n) is 3.67. The van der Waals surface area contributed by atoms with Gasteiger partial charge in [0.05, 0.1) is 11.3 Å². The van der Waals surface area contributed by atoms with Gasteiger partial charge in [-0.3, -0.25) is 9.59 Å². The molecule has 1 atom stereocenters. The first-order valence-electron chi connectivity index (χ1n) is 10.3. The average molecular weight is 558 g/mol. The van der Waals surface area contributed by atoms with Crippen molar-refractivity contribution in [3.8, 4) is 0 Å². The number of alkyl halides is 3. The van der Waals surface area contributed by atoms with E-state index in [-0.39, 0.29) is 37.5 Å². The Kier molecular flexibility index (Phi) is 6.97. The number of oxime groups is 1. The topological polar surface area (TPSA) is 85.0 Å². The van der Waals surface area contributed by atoms with Crippen molar-refractivity contribution in [2.24, 2.45) is 11.0 Å². The van der Waals surface area contributed by atoms with Crippen LogP contribution in [0.2, 0.25) is 10.0 Å². The molecule has 2 N–H and O–H groups in total. The number of hydrazine groups is 1. The molecule has 2 amide bonds. The lowest BCUT2D eigenvalue weighted by atomic mass is 9.86. The summed E-state index contributed by atoms with van der Waals surface area (Å²) in [6, 6.07) is 10.5. The zero-order valence-corrected chi connectivity index (χ0v) is 19.8. The molecule has 0 bridgehead atoms. The van der Waals surface area contributed by atoms with Gasteiger partial charge in [0.1, 0.15) is 11.6 Å². The molecule has 1 unspecified atom stereocenters. The summed E-state index contributed by atoms with van der Waals surface area (Å²) in [4.78, 5) is 29.9. The molecule has 1 aliphatic rings. The SMILES string of the molecule is NN(C(=O)c1ccc(C2=NOC(c3cc(Cl)cc(Cl)c3)(C(F)(F)F)C2)cc1)C(=O)c1ccc(F)cc1F. The van der Waals surface area contributed by atoms with Crippen molar-refractivity contribution >= 4 is 40.7 Å². The Morgan fingerprint density at radius 1 is 0.946 bits per heavy atom. The van der Waals surface area contributed by atoms with E-state index in [0.717, 1.165) is 24.3 Å². The highest BCUT2D eigenvalue weighted by Crippen LogP contribution is 2.49. The van der Waals surface area contributed by atoms with E-state index in [9.17, 15) is 31.5 Å². The first-order chi connectivity index (χ1) is 17.3. The van der Waals surface area contributed by atoms with Gasteiger partial charge in [-0.25, -0.2) is 19.6 Å². The monoisotopic (exact) mass is 557 g/mol. The maximum absolute atomic E-state index is 14.2. The molecule has 0 aliphatic carbocycles. The van der Waals surface area contributed by atoms with Gasteiger partial charge >= 0.3 is 6.18 Å². The van der Waals surface area contributed by atoms with Crippen LogP contribution in [0.3, 0.4) is 0 Å². The Bertz CT molecular complexity index is 1410. The van der Waals surface area contributed by atoms with E-state index >= 15 is 0 Å². The van der Waals surface area contributed by atoms with Crippen LogP contribution in [0.4, 0.5) is 22.0 Å². The summed E-state index contributed by atoms with van der Waals surface area (Å²) in [6.45, 7) is 0. The number of nitrogens with two attached hydrogens (primary N) is 1. The second-order valence-electron chi connectivity index (χ2n) is 7.97. The standard InChI is InChI=1S/C24H14Cl2F5N3O3/c25-15-7-14(8-16(26)9-15)23(24(29,30)31)11-20(33-37-23)12-1-3-13(4-2-12)21(35)34(32)22(36)18-6-5-17(27)10-19(18)28/h1-10H,11,32H2. The average Bonchev–Trinajstić information content (AvgIpc) is 3.29. The summed E-state index contributed by atoms with van der Waals surface area (Å²) in [5, 5.41) is 3.72. The van der Waals surface area contributed by atoms with Crippen molar-refractivity contribution in [3.05, 3.63) is 105 Å². The Morgan fingerprint density at radius 3 is 2.14 bits per heavy atom. The largest absolute Gasteiger partial charge is 0.435 e. The second kappa shape index (κ2) is 9.73. The Morgan fingerprint density at radius 2 is 1.57 bits per heavy atom. The predicted molar refractivity (Wildman–Crippen MR) is 124 cm³/mol. The number of imide groups is 1. The summed E-state index contributed by atoms with van der Waals surface area (Å²) < 4.78 is 69.4. The lowest BCUT2D eigenvalue weighted by Crippen LogP contribution is -2.43. The van der Waals surface area contributed by atoms with Crippen molar-refractivity contribution in [2.75, 3.05) is 0 Å². The molecule has 0 aromatic heterocycles. The number of hydrogen-bond donors (Lipinski definition) is 1. The summed E-state index contributed by atoms with van der Waals surface area (Å²) in [6.07, 6.45) is -5.61. The highest BCUT2D eigenvalue weighted by atomic mass is 35.5. The quantitative estimate of drug-likeness (QED) is 0.140. The second-order valence-corrected chi connectivity index (χ2v) is 8.84. The van der Waals surface area contributed by atoms with Gasteiger partial charge in [-0.15, -0.1) is 0 Å². The molecule has 0 saturated heterocycles. The van der Waals surface area contributed by atoms with E-state index in [2.05, 4.69) is 5.16 Å². The van der Waals surface area contributed by atoms with Crippen LogP contribution >= 0.6 is 23.2 Å². The highest BCUT2D eigenvalue weighted by molar-refractivity contribution is 6.34. The van der Waals surface area contributed by atoms with Crippen LogP contribution in [-0.4, -0.2) is 28.7 Å². The number of rotatable bonds is 4. The third-order valence-electron chi connectivity index (χ3n) is 5.58.